The van der Waals surface area contributed by atoms with Crippen LogP contribution in [0.2, 0.25) is 0 Å². The zero-order chi connectivity index (χ0) is 24.3. The van der Waals surface area contributed by atoms with Crippen LogP contribution < -0.4 is 10.6 Å². The van der Waals surface area contributed by atoms with Gasteiger partial charge in [-0.15, -0.1) is 0 Å². The van der Waals surface area contributed by atoms with E-state index in [-0.39, 0.29) is 0 Å². The van der Waals surface area contributed by atoms with Crippen molar-refractivity contribution < 1.29 is 13.2 Å². The van der Waals surface area contributed by atoms with Gasteiger partial charge in [0.15, 0.2) is 0 Å². The SMILES string of the molecule is Cc1cc(-c2cnc(C(F)(F)F)nc2)cc(C)c1Nc1ccnc(Nc2ccc(C#N)cc2)n1. The lowest BCUT2D eigenvalue weighted by molar-refractivity contribution is -0.144. The van der Waals surface area contributed by atoms with Crippen molar-refractivity contribution in [1.82, 2.24) is 19.9 Å². The number of hydrogen-bond donors (Lipinski definition) is 2. The number of aryl methyl sites for hydroxylation is 2. The van der Waals surface area contributed by atoms with Crippen LogP contribution >= 0.6 is 0 Å². The van der Waals surface area contributed by atoms with Crippen LogP contribution in [-0.4, -0.2) is 19.9 Å². The van der Waals surface area contributed by atoms with Gasteiger partial charge in [-0.05, 0) is 73.0 Å². The molecule has 170 valence electrons. The van der Waals surface area contributed by atoms with E-state index in [1.165, 1.54) is 12.4 Å². The van der Waals surface area contributed by atoms with Gasteiger partial charge in [0.1, 0.15) is 5.82 Å². The predicted molar refractivity (Wildman–Crippen MR) is 122 cm³/mol. The average molecular weight is 461 g/mol. The van der Waals surface area contributed by atoms with Crippen LogP contribution in [0.3, 0.4) is 0 Å². The van der Waals surface area contributed by atoms with Gasteiger partial charge < -0.3 is 10.6 Å². The van der Waals surface area contributed by atoms with Crippen molar-refractivity contribution >= 4 is 23.1 Å². The highest BCUT2D eigenvalue weighted by atomic mass is 19.4. The smallest absolute Gasteiger partial charge is 0.340 e. The molecule has 0 aliphatic heterocycles. The first-order chi connectivity index (χ1) is 16.2. The number of nitrogens with one attached hydrogen (secondary N) is 2. The second-order valence-corrected chi connectivity index (χ2v) is 7.48. The molecule has 2 aromatic heterocycles. The molecule has 4 rings (SSSR count). The molecular weight excluding hydrogens is 443 g/mol. The van der Waals surface area contributed by atoms with Gasteiger partial charge in [-0.3, -0.25) is 0 Å². The molecule has 2 aromatic carbocycles. The van der Waals surface area contributed by atoms with Gasteiger partial charge in [0.25, 0.3) is 0 Å². The highest BCUT2D eigenvalue weighted by Crippen LogP contribution is 2.31. The van der Waals surface area contributed by atoms with Gasteiger partial charge in [-0.1, -0.05) is 0 Å². The van der Waals surface area contributed by atoms with Crippen LogP contribution in [0.1, 0.15) is 22.5 Å². The summed E-state index contributed by atoms with van der Waals surface area (Å²) in [5, 5.41) is 15.3. The molecule has 7 nitrogen and oxygen atoms in total. The van der Waals surface area contributed by atoms with E-state index < -0.39 is 12.0 Å². The molecule has 0 aliphatic carbocycles. The fourth-order valence-corrected chi connectivity index (χ4v) is 3.32. The number of alkyl halides is 3. The van der Waals surface area contributed by atoms with E-state index in [1.807, 2.05) is 26.0 Å². The molecule has 0 radical (unpaired) electrons. The first-order valence-corrected chi connectivity index (χ1v) is 10.1. The predicted octanol–water partition coefficient (Wildman–Crippen LogP) is 5.93. The fraction of sp³-hybridized carbons (Fsp3) is 0.125. The van der Waals surface area contributed by atoms with Crippen molar-refractivity contribution in [3.63, 3.8) is 0 Å². The summed E-state index contributed by atoms with van der Waals surface area (Å²) in [4.78, 5) is 15.6. The van der Waals surface area contributed by atoms with Crippen molar-refractivity contribution in [2.75, 3.05) is 10.6 Å². The molecule has 4 aromatic rings. The van der Waals surface area contributed by atoms with Crippen LogP contribution in [-0.2, 0) is 6.18 Å². The number of aromatic nitrogens is 4. The average Bonchev–Trinajstić information content (AvgIpc) is 2.81. The minimum Gasteiger partial charge on any atom is -0.340 e. The zero-order valence-corrected chi connectivity index (χ0v) is 18.1. The van der Waals surface area contributed by atoms with Crippen LogP contribution in [0.25, 0.3) is 11.1 Å². The number of nitriles is 1. The summed E-state index contributed by atoms with van der Waals surface area (Å²) in [6, 6.07) is 14.4. The van der Waals surface area contributed by atoms with Crippen molar-refractivity contribution in [3.05, 3.63) is 83.6 Å². The van der Waals surface area contributed by atoms with Crippen LogP contribution in [0.4, 0.5) is 36.3 Å². The Hall–Kier alpha value is -4.52. The summed E-state index contributed by atoms with van der Waals surface area (Å²) < 4.78 is 38.2. The first kappa shape index (κ1) is 22.7. The van der Waals surface area contributed by atoms with Gasteiger partial charge in [0.2, 0.25) is 11.8 Å². The van der Waals surface area contributed by atoms with Gasteiger partial charge >= 0.3 is 6.18 Å². The molecule has 0 spiro atoms. The number of halogens is 3. The Balaban J connectivity index is 1.54. The summed E-state index contributed by atoms with van der Waals surface area (Å²) in [6.45, 7) is 3.78. The Kier molecular flexibility index (Phi) is 6.10. The number of benzene rings is 2. The number of rotatable bonds is 5. The molecule has 0 saturated carbocycles. The molecule has 0 aliphatic rings. The largest absolute Gasteiger partial charge is 0.451 e. The maximum atomic E-state index is 12.7. The molecule has 0 fully saturated rings. The summed E-state index contributed by atoms with van der Waals surface area (Å²) in [5.74, 6) is -0.233. The number of hydrogen-bond acceptors (Lipinski definition) is 7. The number of nitrogens with zero attached hydrogens (tertiary/aromatic N) is 5. The summed E-state index contributed by atoms with van der Waals surface area (Å²) >= 11 is 0. The van der Waals surface area contributed by atoms with Crippen molar-refractivity contribution in [3.8, 4) is 17.2 Å². The molecule has 0 saturated heterocycles. The maximum absolute atomic E-state index is 12.7. The van der Waals surface area contributed by atoms with Gasteiger partial charge in [-0.2, -0.15) is 23.4 Å². The Morgan fingerprint density at radius 2 is 1.50 bits per heavy atom. The zero-order valence-electron chi connectivity index (χ0n) is 18.1. The van der Waals surface area contributed by atoms with E-state index in [4.69, 9.17) is 5.26 Å². The van der Waals surface area contributed by atoms with E-state index in [1.54, 1.807) is 36.5 Å². The second-order valence-electron chi connectivity index (χ2n) is 7.48. The molecular formula is C24H18F3N7. The lowest BCUT2D eigenvalue weighted by atomic mass is 10.0. The monoisotopic (exact) mass is 461 g/mol. The highest BCUT2D eigenvalue weighted by Gasteiger charge is 2.34. The van der Waals surface area contributed by atoms with Gasteiger partial charge in [0.05, 0.1) is 11.6 Å². The van der Waals surface area contributed by atoms with E-state index in [2.05, 4.69) is 36.6 Å². The summed E-state index contributed by atoms with van der Waals surface area (Å²) in [7, 11) is 0. The number of anilines is 4. The Morgan fingerprint density at radius 3 is 2.09 bits per heavy atom. The molecule has 0 atom stereocenters. The normalized spacial score (nSPS) is 11.1. The lowest BCUT2D eigenvalue weighted by Crippen LogP contribution is -2.10. The maximum Gasteiger partial charge on any atom is 0.451 e. The van der Waals surface area contributed by atoms with E-state index >= 15 is 0 Å². The first-order valence-electron chi connectivity index (χ1n) is 10.1. The Labute approximate surface area is 193 Å². The third-order valence-corrected chi connectivity index (χ3v) is 4.95. The van der Waals surface area contributed by atoms with Crippen molar-refractivity contribution in [2.24, 2.45) is 0 Å². The minimum absolute atomic E-state index is 0.378. The van der Waals surface area contributed by atoms with Crippen LogP contribution in [0, 0.1) is 25.2 Å². The molecule has 0 bridgehead atoms. The topological polar surface area (TPSA) is 99.4 Å². The highest BCUT2D eigenvalue weighted by molar-refractivity contribution is 5.73. The van der Waals surface area contributed by atoms with Gasteiger partial charge in [-0.25, -0.2) is 15.0 Å². The molecule has 34 heavy (non-hydrogen) atoms. The minimum atomic E-state index is -4.58. The molecule has 2 heterocycles. The van der Waals surface area contributed by atoms with Crippen LogP contribution in [0.15, 0.2) is 61.1 Å². The molecule has 10 heteroatoms. The van der Waals surface area contributed by atoms with Crippen molar-refractivity contribution in [2.45, 2.75) is 20.0 Å². The second kappa shape index (κ2) is 9.15. The summed E-state index contributed by atoms with van der Waals surface area (Å²) in [6.07, 6.45) is -0.630. The lowest BCUT2D eigenvalue weighted by Gasteiger charge is -2.15. The van der Waals surface area contributed by atoms with E-state index in [0.717, 1.165) is 22.5 Å². The molecule has 2 N–H and O–H groups in total. The van der Waals surface area contributed by atoms with E-state index in [0.29, 0.717) is 28.5 Å². The molecule has 0 unspecified atom stereocenters. The third-order valence-electron chi connectivity index (χ3n) is 4.95. The fourth-order valence-electron chi connectivity index (χ4n) is 3.32. The quantitative estimate of drug-likeness (QED) is 0.380. The van der Waals surface area contributed by atoms with Crippen molar-refractivity contribution in [1.29, 1.82) is 5.26 Å². The third kappa shape index (κ3) is 5.10. The van der Waals surface area contributed by atoms with Crippen LogP contribution in [0.5, 0.6) is 0 Å². The Morgan fingerprint density at radius 1 is 0.853 bits per heavy atom. The Bertz CT molecular complexity index is 1340. The molecule has 0 amide bonds. The summed E-state index contributed by atoms with van der Waals surface area (Å²) in [5.41, 5.74) is 5.05. The van der Waals surface area contributed by atoms with E-state index in [9.17, 15) is 13.2 Å². The standard InChI is InChI=1S/C24H18F3N7/c1-14-9-17(18-12-30-22(31-13-18)24(25,26)27)10-15(2)21(14)33-20-7-8-29-23(34-20)32-19-5-3-16(11-28)4-6-19/h3-10,12-13H,1-2H3,(H2,29,32,33,34). The van der Waals surface area contributed by atoms with Gasteiger partial charge in [0, 0.05) is 35.5 Å².